The van der Waals surface area contributed by atoms with Crippen LogP contribution in [-0.2, 0) is 19.6 Å². The molecule has 0 radical (unpaired) electrons. The molecule has 3 rings (SSSR count). The number of carbonyl (C=O) groups is 2. The normalized spacial score (nSPS) is 22.9. The van der Waals surface area contributed by atoms with E-state index in [1.807, 2.05) is 6.92 Å². The Labute approximate surface area is 166 Å². The summed E-state index contributed by atoms with van der Waals surface area (Å²) in [6.45, 7) is 3.46. The molecule has 1 aliphatic carbocycles. The molecule has 8 heteroatoms. The summed E-state index contributed by atoms with van der Waals surface area (Å²) in [7, 11) is -3.49. The van der Waals surface area contributed by atoms with Gasteiger partial charge in [-0.25, -0.2) is 8.42 Å². The van der Waals surface area contributed by atoms with Crippen molar-refractivity contribution in [3.05, 3.63) is 24.3 Å². The minimum atomic E-state index is -3.49. The molecule has 154 valence electrons. The quantitative estimate of drug-likeness (QED) is 0.725. The van der Waals surface area contributed by atoms with Crippen molar-refractivity contribution in [1.82, 2.24) is 9.62 Å². The van der Waals surface area contributed by atoms with Gasteiger partial charge in [-0.1, -0.05) is 19.8 Å². The molecule has 1 aliphatic heterocycles. The van der Waals surface area contributed by atoms with Crippen molar-refractivity contribution in [2.45, 2.75) is 50.3 Å². The smallest absolute Gasteiger partial charge is 0.243 e. The predicted molar refractivity (Wildman–Crippen MR) is 107 cm³/mol. The molecule has 28 heavy (non-hydrogen) atoms. The Kier molecular flexibility index (Phi) is 6.72. The number of sulfonamides is 1. The van der Waals surface area contributed by atoms with Crippen LogP contribution in [0.15, 0.2) is 29.2 Å². The molecule has 0 spiro atoms. The van der Waals surface area contributed by atoms with E-state index in [9.17, 15) is 18.0 Å². The predicted octanol–water partition coefficient (Wildman–Crippen LogP) is 2.35. The fraction of sp³-hybridized carbons (Fsp3) is 0.600. The molecule has 1 saturated heterocycles. The first-order valence-electron chi connectivity index (χ1n) is 10.1. The number of hydrogen-bond donors (Lipinski definition) is 2. The zero-order valence-corrected chi connectivity index (χ0v) is 17.1. The van der Waals surface area contributed by atoms with E-state index in [1.165, 1.54) is 12.1 Å². The Balaban J connectivity index is 1.49. The molecule has 2 amide bonds. The lowest BCUT2D eigenvalue weighted by molar-refractivity contribution is -0.122. The number of nitrogens with zero attached hydrogens (tertiary/aromatic N) is 1. The summed E-state index contributed by atoms with van der Waals surface area (Å²) < 4.78 is 27.1. The Morgan fingerprint density at radius 3 is 2.25 bits per heavy atom. The van der Waals surface area contributed by atoms with Gasteiger partial charge in [0.15, 0.2) is 0 Å². The van der Waals surface area contributed by atoms with Crippen LogP contribution in [0.4, 0.5) is 5.69 Å². The van der Waals surface area contributed by atoms with Crippen LogP contribution < -0.4 is 10.6 Å². The van der Waals surface area contributed by atoms with Crippen molar-refractivity contribution < 1.29 is 18.0 Å². The van der Waals surface area contributed by atoms with Crippen molar-refractivity contribution in [2.75, 3.05) is 25.0 Å². The van der Waals surface area contributed by atoms with Crippen LogP contribution in [-0.4, -0.2) is 44.2 Å². The summed E-state index contributed by atoms with van der Waals surface area (Å²) >= 11 is 0. The maximum atomic E-state index is 12.8. The van der Waals surface area contributed by atoms with Crippen molar-refractivity contribution in [1.29, 1.82) is 0 Å². The van der Waals surface area contributed by atoms with E-state index in [4.69, 9.17) is 0 Å². The molecule has 1 aromatic carbocycles. The van der Waals surface area contributed by atoms with Crippen LogP contribution in [0.2, 0.25) is 0 Å². The number of anilines is 1. The highest BCUT2D eigenvalue weighted by Gasteiger charge is 2.38. The van der Waals surface area contributed by atoms with Gasteiger partial charge in [0.1, 0.15) is 0 Å². The van der Waals surface area contributed by atoms with Crippen LogP contribution >= 0.6 is 0 Å². The van der Waals surface area contributed by atoms with E-state index in [0.717, 1.165) is 32.1 Å². The topological polar surface area (TPSA) is 95.6 Å². The van der Waals surface area contributed by atoms with E-state index in [-0.39, 0.29) is 29.0 Å². The van der Waals surface area contributed by atoms with Gasteiger partial charge < -0.3 is 10.6 Å². The van der Waals surface area contributed by atoms with Crippen LogP contribution in [0.25, 0.3) is 0 Å². The number of benzene rings is 1. The molecule has 2 aliphatic rings. The molecule has 2 unspecified atom stereocenters. The van der Waals surface area contributed by atoms with Crippen LogP contribution in [0, 0.1) is 11.8 Å². The lowest BCUT2D eigenvalue weighted by atomic mass is 10.2. The summed E-state index contributed by atoms with van der Waals surface area (Å²) in [5.41, 5.74) is 0.543. The summed E-state index contributed by atoms with van der Waals surface area (Å²) in [5.74, 6) is 0.343. The van der Waals surface area contributed by atoms with Crippen molar-refractivity contribution in [3.8, 4) is 0 Å². The molecule has 7 nitrogen and oxygen atoms in total. The summed E-state index contributed by atoms with van der Waals surface area (Å²) in [6, 6.07) is 6.28. The van der Waals surface area contributed by atoms with Crippen LogP contribution in [0.1, 0.15) is 45.4 Å². The molecule has 0 aromatic heterocycles. The van der Waals surface area contributed by atoms with Crippen LogP contribution in [0.3, 0.4) is 0 Å². The van der Waals surface area contributed by atoms with Gasteiger partial charge in [-0.2, -0.15) is 4.31 Å². The Morgan fingerprint density at radius 2 is 1.68 bits per heavy atom. The van der Waals surface area contributed by atoms with Gasteiger partial charge >= 0.3 is 0 Å². The molecule has 0 bridgehead atoms. The Hall–Kier alpha value is -1.93. The minimum absolute atomic E-state index is 0.0170. The van der Waals surface area contributed by atoms with Gasteiger partial charge in [-0.05, 0) is 49.4 Å². The second-order valence-electron chi connectivity index (χ2n) is 7.75. The second-order valence-corrected chi connectivity index (χ2v) is 9.69. The lowest BCUT2D eigenvalue weighted by Gasteiger charge is -2.20. The number of hydrogen-bond acceptors (Lipinski definition) is 4. The first-order valence-corrected chi connectivity index (χ1v) is 11.5. The van der Waals surface area contributed by atoms with E-state index in [0.29, 0.717) is 31.2 Å². The highest BCUT2D eigenvalue weighted by molar-refractivity contribution is 7.89. The van der Waals surface area contributed by atoms with E-state index < -0.39 is 10.0 Å². The molecule has 1 heterocycles. The van der Waals surface area contributed by atoms with Gasteiger partial charge in [0.05, 0.1) is 4.90 Å². The zero-order chi connectivity index (χ0) is 20.1. The van der Waals surface area contributed by atoms with Crippen molar-refractivity contribution in [2.24, 2.45) is 11.8 Å². The average molecular weight is 408 g/mol. The molecule has 1 saturated carbocycles. The maximum Gasteiger partial charge on any atom is 0.243 e. The Morgan fingerprint density at radius 1 is 1.07 bits per heavy atom. The molecule has 2 fully saturated rings. The van der Waals surface area contributed by atoms with E-state index in [1.54, 1.807) is 16.4 Å². The molecule has 2 atom stereocenters. The average Bonchev–Trinajstić information content (AvgIpc) is 3.44. The van der Waals surface area contributed by atoms with Gasteiger partial charge in [0, 0.05) is 37.7 Å². The summed E-state index contributed by atoms with van der Waals surface area (Å²) in [6.07, 6.45) is 5.02. The highest BCUT2D eigenvalue weighted by Crippen LogP contribution is 2.37. The molecular formula is C20H29N3O4S. The van der Waals surface area contributed by atoms with Gasteiger partial charge in [0.25, 0.3) is 0 Å². The monoisotopic (exact) mass is 407 g/mol. The SMILES string of the molecule is CC1CC1C(=O)NCCC(=O)Nc1ccc(S(=O)(=O)N2CCCCCC2)cc1. The maximum absolute atomic E-state index is 12.8. The van der Waals surface area contributed by atoms with E-state index >= 15 is 0 Å². The molecule has 1 aromatic rings. The van der Waals surface area contributed by atoms with Gasteiger partial charge in [-0.15, -0.1) is 0 Å². The number of carbonyl (C=O) groups excluding carboxylic acids is 2. The first kappa shape index (κ1) is 20.8. The highest BCUT2D eigenvalue weighted by atomic mass is 32.2. The van der Waals surface area contributed by atoms with Gasteiger partial charge in [-0.3, -0.25) is 9.59 Å². The number of nitrogens with one attached hydrogen (secondary N) is 2. The third kappa shape index (κ3) is 5.32. The standard InChI is InChI=1S/C20H29N3O4S/c1-15-14-18(15)20(25)21-11-10-19(24)22-16-6-8-17(9-7-16)28(26,27)23-12-4-2-3-5-13-23/h6-9,15,18H,2-5,10-14H2,1H3,(H,21,25)(H,22,24). The van der Waals surface area contributed by atoms with Crippen molar-refractivity contribution >= 4 is 27.5 Å². The Bertz CT molecular complexity index is 799. The summed E-state index contributed by atoms with van der Waals surface area (Å²) in [4.78, 5) is 24.0. The minimum Gasteiger partial charge on any atom is -0.355 e. The fourth-order valence-electron chi connectivity index (χ4n) is 3.48. The molecule has 2 N–H and O–H groups in total. The molecular weight excluding hydrogens is 378 g/mol. The van der Waals surface area contributed by atoms with Crippen molar-refractivity contribution in [3.63, 3.8) is 0 Å². The largest absolute Gasteiger partial charge is 0.355 e. The van der Waals surface area contributed by atoms with Crippen LogP contribution in [0.5, 0.6) is 0 Å². The zero-order valence-electron chi connectivity index (χ0n) is 16.3. The number of rotatable bonds is 7. The third-order valence-electron chi connectivity index (χ3n) is 5.44. The van der Waals surface area contributed by atoms with Gasteiger partial charge in [0.2, 0.25) is 21.8 Å². The summed E-state index contributed by atoms with van der Waals surface area (Å²) in [5, 5.41) is 5.52. The van der Waals surface area contributed by atoms with E-state index in [2.05, 4.69) is 10.6 Å². The fourth-order valence-corrected chi connectivity index (χ4v) is 5.00. The second kappa shape index (κ2) is 9.05. The third-order valence-corrected chi connectivity index (χ3v) is 7.35. The lowest BCUT2D eigenvalue weighted by Crippen LogP contribution is -2.31. The first-order chi connectivity index (χ1) is 13.4. The number of amides is 2.